The number of carbonyl (C=O) groups excluding carboxylic acids is 1. The fourth-order valence-electron chi connectivity index (χ4n) is 2.38. The van der Waals surface area contributed by atoms with Crippen molar-refractivity contribution in [2.75, 3.05) is 10.0 Å². The second-order valence-corrected chi connectivity index (χ2v) is 8.30. The Hall–Kier alpha value is -2.68. The molecule has 0 spiro atoms. The molecule has 0 aliphatic carbocycles. The van der Waals surface area contributed by atoms with Crippen molar-refractivity contribution >= 4 is 50.5 Å². The fraction of sp³-hybridized carbons (Fsp3) is 0. The highest BCUT2D eigenvalue weighted by Crippen LogP contribution is 2.28. The number of amides is 1. The molecule has 1 amide bonds. The number of hydrogen-bond acceptors (Lipinski definition) is 3. The van der Waals surface area contributed by atoms with Crippen molar-refractivity contribution in [3.05, 3.63) is 87.9 Å². The standard InChI is InChI=1S/C19H12Cl2F2N2O3S/c20-14-10-15(21)16(23)9-13(14)19(26)24-17-3-1-2-4-18(17)25-29(27,28)12-7-5-11(22)6-8-12/h1-10,25H,(H,24,26). The van der Waals surface area contributed by atoms with E-state index < -0.39 is 27.6 Å². The van der Waals surface area contributed by atoms with E-state index >= 15 is 0 Å². The zero-order chi connectivity index (χ0) is 21.2. The number of halogens is 4. The molecule has 0 saturated carbocycles. The second-order valence-electron chi connectivity index (χ2n) is 5.81. The van der Waals surface area contributed by atoms with Crippen LogP contribution in [0.3, 0.4) is 0 Å². The monoisotopic (exact) mass is 456 g/mol. The summed E-state index contributed by atoms with van der Waals surface area (Å²) in [6.45, 7) is 0. The summed E-state index contributed by atoms with van der Waals surface area (Å²) in [6, 6.07) is 12.2. The van der Waals surface area contributed by atoms with E-state index in [-0.39, 0.29) is 31.9 Å². The summed E-state index contributed by atoms with van der Waals surface area (Å²) in [6.07, 6.45) is 0. The molecule has 0 bridgehead atoms. The minimum absolute atomic E-state index is 0.0516. The predicted octanol–water partition coefficient (Wildman–Crippen LogP) is 5.32. The fourth-order valence-corrected chi connectivity index (χ4v) is 3.93. The highest BCUT2D eigenvalue weighted by molar-refractivity contribution is 7.92. The molecule has 0 aliphatic heterocycles. The lowest BCUT2D eigenvalue weighted by Gasteiger charge is -2.14. The lowest BCUT2D eigenvalue weighted by molar-refractivity contribution is 0.102. The Balaban J connectivity index is 1.89. The lowest BCUT2D eigenvalue weighted by Crippen LogP contribution is -2.17. The first kappa shape index (κ1) is 21.0. The van der Waals surface area contributed by atoms with Crippen molar-refractivity contribution in [1.29, 1.82) is 0 Å². The van der Waals surface area contributed by atoms with Crippen LogP contribution in [0, 0.1) is 11.6 Å². The number of para-hydroxylation sites is 2. The minimum Gasteiger partial charge on any atom is -0.320 e. The van der Waals surface area contributed by atoms with Gasteiger partial charge >= 0.3 is 0 Å². The number of carbonyl (C=O) groups is 1. The van der Waals surface area contributed by atoms with E-state index in [1.54, 1.807) is 12.1 Å². The molecule has 0 heterocycles. The van der Waals surface area contributed by atoms with Crippen molar-refractivity contribution in [1.82, 2.24) is 0 Å². The SMILES string of the molecule is O=C(Nc1ccccc1NS(=O)(=O)c1ccc(F)cc1)c1cc(F)c(Cl)cc1Cl. The van der Waals surface area contributed by atoms with Crippen LogP contribution in [0.1, 0.15) is 10.4 Å². The van der Waals surface area contributed by atoms with Crippen LogP contribution in [0.4, 0.5) is 20.2 Å². The summed E-state index contributed by atoms with van der Waals surface area (Å²) in [5.74, 6) is -2.17. The van der Waals surface area contributed by atoms with Gasteiger partial charge in [-0.1, -0.05) is 35.3 Å². The lowest BCUT2D eigenvalue weighted by atomic mass is 10.2. The van der Waals surface area contributed by atoms with Crippen LogP contribution >= 0.6 is 23.2 Å². The summed E-state index contributed by atoms with van der Waals surface area (Å²) >= 11 is 11.6. The van der Waals surface area contributed by atoms with Gasteiger partial charge in [-0.05, 0) is 48.5 Å². The van der Waals surface area contributed by atoms with Gasteiger partial charge in [0.25, 0.3) is 15.9 Å². The number of rotatable bonds is 5. The van der Waals surface area contributed by atoms with E-state index in [0.29, 0.717) is 0 Å². The summed E-state index contributed by atoms with van der Waals surface area (Å²) in [5.41, 5.74) is -0.0184. The smallest absolute Gasteiger partial charge is 0.261 e. The topological polar surface area (TPSA) is 75.3 Å². The normalized spacial score (nSPS) is 11.2. The third kappa shape index (κ3) is 4.84. The summed E-state index contributed by atoms with van der Waals surface area (Å²) in [7, 11) is -4.04. The van der Waals surface area contributed by atoms with Gasteiger partial charge in [0.2, 0.25) is 0 Å². The Labute approximate surface area is 175 Å². The zero-order valence-corrected chi connectivity index (χ0v) is 16.7. The molecule has 3 aromatic rings. The van der Waals surface area contributed by atoms with Gasteiger partial charge in [-0.25, -0.2) is 17.2 Å². The van der Waals surface area contributed by atoms with Crippen molar-refractivity contribution in [2.45, 2.75) is 4.90 Å². The van der Waals surface area contributed by atoms with Gasteiger partial charge in [-0.2, -0.15) is 0 Å². The maximum absolute atomic E-state index is 13.7. The average Bonchev–Trinajstić information content (AvgIpc) is 2.66. The van der Waals surface area contributed by atoms with Crippen LogP contribution in [0.25, 0.3) is 0 Å². The van der Waals surface area contributed by atoms with Crippen LogP contribution in [0.15, 0.2) is 65.6 Å². The van der Waals surface area contributed by atoms with Gasteiger partial charge in [-0.3, -0.25) is 9.52 Å². The Kier molecular flexibility index (Phi) is 6.07. The van der Waals surface area contributed by atoms with Crippen LogP contribution in [-0.2, 0) is 10.0 Å². The summed E-state index contributed by atoms with van der Waals surface area (Å²) < 4.78 is 54.1. The van der Waals surface area contributed by atoms with Crippen molar-refractivity contribution in [2.24, 2.45) is 0 Å². The first-order chi connectivity index (χ1) is 13.7. The quantitative estimate of drug-likeness (QED) is 0.509. The molecule has 3 rings (SSSR count). The first-order valence-electron chi connectivity index (χ1n) is 8.01. The molecule has 10 heteroatoms. The Morgan fingerprint density at radius 3 is 2.14 bits per heavy atom. The molecule has 0 atom stereocenters. The van der Waals surface area contributed by atoms with E-state index in [2.05, 4.69) is 10.0 Å². The molecule has 150 valence electrons. The van der Waals surface area contributed by atoms with E-state index in [1.807, 2.05) is 0 Å². The number of benzene rings is 3. The van der Waals surface area contributed by atoms with Gasteiger partial charge < -0.3 is 5.32 Å². The van der Waals surface area contributed by atoms with Gasteiger partial charge in [0.1, 0.15) is 11.6 Å². The molecule has 3 aromatic carbocycles. The molecule has 5 nitrogen and oxygen atoms in total. The molecule has 0 aromatic heterocycles. The van der Waals surface area contributed by atoms with Crippen LogP contribution in [-0.4, -0.2) is 14.3 Å². The van der Waals surface area contributed by atoms with Crippen molar-refractivity contribution in [3.8, 4) is 0 Å². The summed E-state index contributed by atoms with van der Waals surface area (Å²) in [4.78, 5) is 12.3. The molecule has 0 aliphatic rings. The Bertz CT molecular complexity index is 1190. The molecular weight excluding hydrogens is 445 g/mol. The van der Waals surface area contributed by atoms with Gasteiger partial charge in [0, 0.05) is 0 Å². The maximum atomic E-state index is 13.7. The van der Waals surface area contributed by atoms with E-state index in [4.69, 9.17) is 23.2 Å². The molecule has 0 saturated heterocycles. The van der Waals surface area contributed by atoms with Crippen LogP contribution in [0.2, 0.25) is 10.0 Å². The van der Waals surface area contributed by atoms with Crippen LogP contribution in [0.5, 0.6) is 0 Å². The Morgan fingerprint density at radius 2 is 1.48 bits per heavy atom. The third-order valence-corrected chi connectivity index (χ3v) is 5.78. The number of sulfonamides is 1. The molecule has 0 fully saturated rings. The maximum Gasteiger partial charge on any atom is 0.261 e. The van der Waals surface area contributed by atoms with Gasteiger partial charge in [0.15, 0.2) is 0 Å². The minimum atomic E-state index is -4.04. The van der Waals surface area contributed by atoms with E-state index in [1.165, 1.54) is 12.1 Å². The zero-order valence-electron chi connectivity index (χ0n) is 14.4. The molecule has 0 radical (unpaired) electrons. The van der Waals surface area contributed by atoms with Crippen LogP contribution < -0.4 is 10.0 Å². The van der Waals surface area contributed by atoms with Gasteiger partial charge in [0.05, 0.1) is 31.9 Å². The number of hydrogen-bond donors (Lipinski definition) is 2. The Morgan fingerprint density at radius 1 is 0.862 bits per heavy atom. The van der Waals surface area contributed by atoms with Crippen molar-refractivity contribution < 1.29 is 22.0 Å². The second kappa shape index (κ2) is 8.36. The summed E-state index contributed by atoms with van der Waals surface area (Å²) in [5, 5.41) is 2.17. The molecule has 29 heavy (non-hydrogen) atoms. The predicted molar refractivity (Wildman–Crippen MR) is 108 cm³/mol. The van der Waals surface area contributed by atoms with Gasteiger partial charge in [-0.15, -0.1) is 0 Å². The number of anilines is 2. The third-order valence-electron chi connectivity index (χ3n) is 3.80. The highest BCUT2D eigenvalue weighted by atomic mass is 35.5. The first-order valence-corrected chi connectivity index (χ1v) is 10.2. The molecular formula is C19H12Cl2F2N2O3S. The molecule has 2 N–H and O–H groups in total. The largest absolute Gasteiger partial charge is 0.320 e. The molecule has 0 unspecified atom stereocenters. The van der Waals surface area contributed by atoms with E-state index in [9.17, 15) is 22.0 Å². The highest BCUT2D eigenvalue weighted by Gasteiger charge is 2.19. The van der Waals surface area contributed by atoms with Crippen molar-refractivity contribution in [3.63, 3.8) is 0 Å². The number of nitrogens with one attached hydrogen (secondary N) is 2. The average molecular weight is 457 g/mol. The van der Waals surface area contributed by atoms with E-state index in [0.717, 1.165) is 36.4 Å².